The summed E-state index contributed by atoms with van der Waals surface area (Å²) in [4.78, 5) is 0. The SMILES string of the molecule is COC1C(COCCO)OC(O)C(O)C1O. The zero-order chi connectivity index (χ0) is 12.1. The van der Waals surface area contributed by atoms with Gasteiger partial charge in [0.25, 0.3) is 0 Å². The quantitative estimate of drug-likeness (QED) is 0.390. The van der Waals surface area contributed by atoms with Gasteiger partial charge in [-0.2, -0.15) is 0 Å². The van der Waals surface area contributed by atoms with Gasteiger partial charge in [-0.25, -0.2) is 0 Å². The third kappa shape index (κ3) is 3.11. The number of rotatable bonds is 5. The van der Waals surface area contributed by atoms with Crippen molar-refractivity contribution in [3.05, 3.63) is 0 Å². The van der Waals surface area contributed by atoms with E-state index < -0.39 is 30.7 Å². The highest BCUT2D eigenvalue weighted by Gasteiger charge is 2.44. The minimum absolute atomic E-state index is 0.0555. The molecule has 1 aliphatic heterocycles. The van der Waals surface area contributed by atoms with Gasteiger partial charge in [0.1, 0.15) is 24.4 Å². The van der Waals surface area contributed by atoms with Gasteiger partial charge in [-0.15, -0.1) is 0 Å². The molecule has 1 saturated heterocycles. The van der Waals surface area contributed by atoms with Crippen LogP contribution in [0.5, 0.6) is 0 Å². The smallest absolute Gasteiger partial charge is 0.184 e. The number of aliphatic hydroxyl groups is 4. The minimum atomic E-state index is -1.47. The zero-order valence-corrected chi connectivity index (χ0v) is 9.02. The lowest BCUT2D eigenvalue weighted by Gasteiger charge is -2.39. The maximum Gasteiger partial charge on any atom is 0.184 e. The van der Waals surface area contributed by atoms with Gasteiger partial charge in [-0.05, 0) is 0 Å². The summed E-state index contributed by atoms with van der Waals surface area (Å²) in [6.45, 7) is 0.0586. The summed E-state index contributed by atoms with van der Waals surface area (Å²) < 4.78 is 15.0. The van der Waals surface area contributed by atoms with Crippen molar-refractivity contribution in [2.75, 3.05) is 26.9 Å². The summed E-state index contributed by atoms with van der Waals surface area (Å²) >= 11 is 0. The van der Waals surface area contributed by atoms with Crippen molar-refractivity contribution >= 4 is 0 Å². The summed E-state index contributed by atoms with van der Waals surface area (Å²) in [5, 5.41) is 36.8. The van der Waals surface area contributed by atoms with Crippen LogP contribution in [0.15, 0.2) is 0 Å². The van der Waals surface area contributed by atoms with Crippen molar-refractivity contribution in [1.82, 2.24) is 0 Å². The van der Waals surface area contributed by atoms with E-state index in [1.807, 2.05) is 0 Å². The van der Waals surface area contributed by atoms with Crippen LogP contribution in [-0.2, 0) is 14.2 Å². The highest BCUT2D eigenvalue weighted by Crippen LogP contribution is 2.22. The lowest BCUT2D eigenvalue weighted by atomic mass is 9.99. The van der Waals surface area contributed by atoms with Crippen LogP contribution in [0.4, 0.5) is 0 Å². The first-order valence-electron chi connectivity index (χ1n) is 5.03. The van der Waals surface area contributed by atoms with Gasteiger partial charge in [0.15, 0.2) is 6.29 Å². The molecule has 0 amide bonds. The van der Waals surface area contributed by atoms with E-state index in [4.69, 9.17) is 19.3 Å². The van der Waals surface area contributed by atoms with Crippen LogP contribution >= 0.6 is 0 Å². The standard InChI is InChI=1S/C9H18O7/c1-14-8-5(4-15-3-2-10)16-9(13)7(12)6(8)11/h5-13H,2-4H2,1H3. The number of hydrogen-bond donors (Lipinski definition) is 4. The van der Waals surface area contributed by atoms with Crippen LogP contribution in [-0.4, -0.2) is 78.1 Å². The summed E-state index contributed by atoms with van der Waals surface area (Å²) in [6, 6.07) is 0. The lowest BCUT2D eigenvalue weighted by molar-refractivity contribution is -0.292. The lowest BCUT2D eigenvalue weighted by Crippen LogP contribution is -2.59. The van der Waals surface area contributed by atoms with E-state index in [2.05, 4.69) is 0 Å². The van der Waals surface area contributed by atoms with Gasteiger partial charge >= 0.3 is 0 Å². The van der Waals surface area contributed by atoms with Gasteiger partial charge < -0.3 is 34.6 Å². The van der Waals surface area contributed by atoms with E-state index in [1.165, 1.54) is 7.11 Å². The normalized spacial score (nSPS) is 39.9. The molecule has 4 N–H and O–H groups in total. The Morgan fingerprint density at radius 1 is 1.19 bits per heavy atom. The molecular formula is C9H18O7. The summed E-state index contributed by atoms with van der Waals surface area (Å²) in [6.07, 6.45) is -5.58. The number of ether oxygens (including phenoxy) is 3. The monoisotopic (exact) mass is 238 g/mol. The Labute approximate surface area is 93.2 Å². The Bertz CT molecular complexity index is 200. The second kappa shape index (κ2) is 6.45. The first-order valence-corrected chi connectivity index (χ1v) is 5.03. The Morgan fingerprint density at radius 2 is 1.88 bits per heavy atom. The molecule has 0 aromatic carbocycles. The van der Waals surface area contributed by atoms with Gasteiger partial charge in [-0.1, -0.05) is 0 Å². The van der Waals surface area contributed by atoms with E-state index >= 15 is 0 Å². The fourth-order valence-corrected chi connectivity index (χ4v) is 1.61. The number of methoxy groups -OCH3 is 1. The molecule has 5 atom stereocenters. The molecular weight excluding hydrogens is 220 g/mol. The molecule has 16 heavy (non-hydrogen) atoms. The molecule has 1 fully saturated rings. The van der Waals surface area contributed by atoms with Crippen molar-refractivity contribution < 1.29 is 34.6 Å². The Hall–Kier alpha value is -0.280. The first kappa shape index (κ1) is 13.8. The minimum Gasteiger partial charge on any atom is -0.394 e. The predicted molar refractivity (Wildman–Crippen MR) is 51.6 cm³/mol. The molecule has 1 rings (SSSR count). The summed E-state index contributed by atoms with van der Waals surface area (Å²) in [5.74, 6) is 0. The van der Waals surface area contributed by atoms with E-state index in [-0.39, 0.29) is 19.8 Å². The van der Waals surface area contributed by atoms with E-state index in [1.54, 1.807) is 0 Å². The van der Waals surface area contributed by atoms with Gasteiger partial charge in [0, 0.05) is 7.11 Å². The molecule has 5 unspecified atom stereocenters. The maximum absolute atomic E-state index is 9.61. The molecule has 0 saturated carbocycles. The van der Waals surface area contributed by atoms with Crippen LogP contribution < -0.4 is 0 Å². The van der Waals surface area contributed by atoms with Crippen LogP contribution in [0.1, 0.15) is 0 Å². The van der Waals surface area contributed by atoms with Crippen LogP contribution in [0.2, 0.25) is 0 Å². The largest absolute Gasteiger partial charge is 0.394 e. The third-order valence-electron chi connectivity index (χ3n) is 2.45. The molecule has 0 aromatic rings. The molecule has 0 aliphatic carbocycles. The number of hydrogen-bond acceptors (Lipinski definition) is 7. The zero-order valence-electron chi connectivity index (χ0n) is 9.02. The first-order chi connectivity index (χ1) is 7.61. The molecule has 7 heteroatoms. The summed E-state index contributed by atoms with van der Waals surface area (Å²) in [7, 11) is 1.36. The maximum atomic E-state index is 9.61. The van der Waals surface area contributed by atoms with Crippen LogP contribution in [0.25, 0.3) is 0 Å². The van der Waals surface area contributed by atoms with Crippen molar-refractivity contribution in [1.29, 1.82) is 0 Å². The molecule has 0 aromatic heterocycles. The Morgan fingerprint density at radius 3 is 2.44 bits per heavy atom. The van der Waals surface area contributed by atoms with Crippen LogP contribution in [0.3, 0.4) is 0 Å². The molecule has 0 radical (unpaired) electrons. The topological polar surface area (TPSA) is 109 Å². The van der Waals surface area contributed by atoms with Gasteiger partial charge in [0.2, 0.25) is 0 Å². The van der Waals surface area contributed by atoms with E-state index in [9.17, 15) is 15.3 Å². The highest BCUT2D eigenvalue weighted by molar-refractivity contribution is 4.89. The van der Waals surface area contributed by atoms with Crippen molar-refractivity contribution in [3.63, 3.8) is 0 Å². The third-order valence-corrected chi connectivity index (χ3v) is 2.45. The summed E-state index contributed by atoms with van der Waals surface area (Å²) in [5.41, 5.74) is 0. The van der Waals surface area contributed by atoms with Crippen molar-refractivity contribution in [3.8, 4) is 0 Å². The van der Waals surface area contributed by atoms with Crippen LogP contribution in [0, 0.1) is 0 Å². The van der Waals surface area contributed by atoms with Crippen molar-refractivity contribution in [2.24, 2.45) is 0 Å². The Kier molecular flexibility index (Phi) is 5.56. The fraction of sp³-hybridized carbons (Fsp3) is 1.00. The van der Waals surface area contributed by atoms with Gasteiger partial charge in [0.05, 0.1) is 19.8 Å². The van der Waals surface area contributed by atoms with Crippen molar-refractivity contribution in [2.45, 2.75) is 30.7 Å². The predicted octanol–water partition coefficient (Wildman–Crippen LogP) is -2.55. The average Bonchev–Trinajstić information content (AvgIpc) is 2.27. The second-order valence-corrected chi connectivity index (χ2v) is 3.55. The molecule has 0 spiro atoms. The molecule has 7 nitrogen and oxygen atoms in total. The molecule has 1 heterocycles. The fourth-order valence-electron chi connectivity index (χ4n) is 1.61. The van der Waals surface area contributed by atoms with E-state index in [0.717, 1.165) is 0 Å². The number of aliphatic hydroxyl groups excluding tert-OH is 4. The molecule has 0 bridgehead atoms. The average molecular weight is 238 g/mol. The van der Waals surface area contributed by atoms with Gasteiger partial charge in [-0.3, -0.25) is 0 Å². The molecule has 96 valence electrons. The Balaban J connectivity index is 2.53. The second-order valence-electron chi connectivity index (χ2n) is 3.55. The molecule has 1 aliphatic rings. The highest BCUT2D eigenvalue weighted by atomic mass is 16.7. The van der Waals surface area contributed by atoms with E-state index in [0.29, 0.717) is 0 Å².